The Morgan fingerprint density at radius 3 is 2.44 bits per heavy atom. The minimum atomic E-state index is -4.47. The van der Waals surface area contributed by atoms with Gasteiger partial charge in [0.15, 0.2) is 11.5 Å². The second-order valence-electron chi connectivity index (χ2n) is 3.39. The molecule has 0 aliphatic heterocycles. The zero-order valence-corrected chi connectivity index (χ0v) is 8.38. The van der Waals surface area contributed by atoms with Crippen LogP contribution in [0.1, 0.15) is 11.3 Å². The summed E-state index contributed by atoms with van der Waals surface area (Å²) < 4.78 is 41.6. The van der Waals surface area contributed by atoms with Crippen LogP contribution in [0.3, 0.4) is 0 Å². The van der Waals surface area contributed by atoms with Crippen molar-refractivity contribution in [2.45, 2.75) is 13.1 Å². The van der Waals surface area contributed by atoms with Crippen LogP contribution >= 0.6 is 0 Å². The van der Waals surface area contributed by atoms with Gasteiger partial charge >= 0.3 is 6.18 Å². The van der Waals surface area contributed by atoms with Crippen molar-refractivity contribution in [1.29, 1.82) is 0 Å². The predicted molar refractivity (Wildman–Crippen MR) is 51.7 cm³/mol. The van der Waals surface area contributed by atoms with Crippen molar-refractivity contribution in [2.75, 3.05) is 0 Å². The van der Waals surface area contributed by atoms with E-state index in [0.29, 0.717) is 5.56 Å². The van der Waals surface area contributed by atoms with Crippen molar-refractivity contribution in [1.82, 2.24) is 5.16 Å². The Bertz CT molecular complexity index is 502. The molecular weight excluding hydrogens is 219 g/mol. The lowest BCUT2D eigenvalue weighted by Gasteiger charge is -1.99. The van der Waals surface area contributed by atoms with E-state index in [-0.39, 0.29) is 5.76 Å². The first-order valence-corrected chi connectivity index (χ1v) is 4.58. The van der Waals surface area contributed by atoms with Crippen LogP contribution in [0, 0.1) is 6.92 Å². The van der Waals surface area contributed by atoms with E-state index in [2.05, 4.69) is 9.68 Å². The van der Waals surface area contributed by atoms with Crippen LogP contribution in [0.25, 0.3) is 11.3 Å². The highest BCUT2D eigenvalue weighted by molar-refractivity contribution is 5.61. The van der Waals surface area contributed by atoms with Crippen molar-refractivity contribution in [3.05, 3.63) is 41.6 Å². The van der Waals surface area contributed by atoms with Gasteiger partial charge in [-0.2, -0.15) is 13.2 Å². The highest BCUT2D eigenvalue weighted by Gasteiger charge is 2.35. The summed E-state index contributed by atoms with van der Waals surface area (Å²) in [6.45, 7) is 1.80. The second kappa shape index (κ2) is 3.66. The van der Waals surface area contributed by atoms with Crippen LogP contribution in [0.2, 0.25) is 0 Å². The monoisotopic (exact) mass is 227 g/mol. The van der Waals surface area contributed by atoms with Gasteiger partial charge in [0.05, 0.1) is 0 Å². The minimum Gasteiger partial charge on any atom is -0.356 e. The number of halogens is 3. The van der Waals surface area contributed by atoms with Crippen LogP contribution in [-0.2, 0) is 6.18 Å². The van der Waals surface area contributed by atoms with E-state index in [0.717, 1.165) is 11.6 Å². The summed E-state index contributed by atoms with van der Waals surface area (Å²) in [5, 5.41) is 3.00. The Morgan fingerprint density at radius 1 is 1.19 bits per heavy atom. The lowest BCUT2D eigenvalue weighted by Crippen LogP contribution is -2.04. The van der Waals surface area contributed by atoms with Crippen LogP contribution in [0.15, 0.2) is 34.9 Å². The van der Waals surface area contributed by atoms with Crippen LogP contribution in [0.4, 0.5) is 13.2 Å². The first-order chi connectivity index (χ1) is 7.48. The Morgan fingerprint density at radius 2 is 1.88 bits per heavy atom. The number of alkyl halides is 3. The largest absolute Gasteiger partial charge is 0.436 e. The first kappa shape index (κ1) is 10.7. The molecule has 0 amide bonds. The molecule has 2 rings (SSSR count). The number of hydrogen-bond acceptors (Lipinski definition) is 2. The SMILES string of the molecule is Cc1ccccc1-c1cc(C(F)(F)F)no1. The zero-order chi connectivity index (χ0) is 11.8. The Balaban J connectivity index is 2.44. The molecule has 1 aromatic heterocycles. The highest BCUT2D eigenvalue weighted by Crippen LogP contribution is 2.32. The van der Waals surface area contributed by atoms with Crippen molar-refractivity contribution in [2.24, 2.45) is 0 Å². The number of benzene rings is 1. The Kier molecular flexibility index (Phi) is 2.46. The molecule has 0 aliphatic carbocycles. The number of hydrogen-bond donors (Lipinski definition) is 0. The van der Waals surface area contributed by atoms with Gasteiger partial charge in [-0.25, -0.2) is 0 Å². The maximum absolute atomic E-state index is 12.3. The van der Waals surface area contributed by atoms with Crippen molar-refractivity contribution in [3.8, 4) is 11.3 Å². The number of aryl methyl sites for hydroxylation is 1. The maximum Gasteiger partial charge on any atom is 0.436 e. The van der Waals surface area contributed by atoms with Crippen molar-refractivity contribution < 1.29 is 17.7 Å². The molecule has 0 bridgehead atoms. The van der Waals surface area contributed by atoms with Gasteiger partial charge in [-0.15, -0.1) is 0 Å². The summed E-state index contributed by atoms with van der Waals surface area (Å²) >= 11 is 0. The lowest BCUT2D eigenvalue weighted by atomic mass is 10.1. The second-order valence-corrected chi connectivity index (χ2v) is 3.39. The predicted octanol–water partition coefficient (Wildman–Crippen LogP) is 3.67. The van der Waals surface area contributed by atoms with Gasteiger partial charge in [-0.1, -0.05) is 29.4 Å². The number of nitrogens with zero attached hydrogens (tertiary/aromatic N) is 1. The third kappa shape index (κ3) is 1.93. The fourth-order valence-corrected chi connectivity index (χ4v) is 1.39. The molecule has 0 radical (unpaired) electrons. The molecule has 0 atom stereocenters. The standard InChI is InChI=1S/C11H8F3NO/c1-7-4-2-3-5-8(7)9-6-10(15-16-9)11(12,13)14/h2-6H,1H3. The van der Waals surface area contributed by atoms with Crippen LogP contribution in [-0.4, -0.2) is 5.16 Å². The normalized spacial score (nSPS) is 11.8. The molecule has 0 aliphatic rings. The van der Waals surface area contributed by atoms with Gasteiger partial charge in [0.2, 0.25) is 0 Å². The molecular formula is C11H8F3NO. The number of aromatic nitrogens is 1. The average Bonchev–Trinajstić information content (AvgIpc) is 2.66. The molecule has 0 unspecified atom stereocenters. The molecule has 84 valence electrons. The third-order valence-corrected chi connectivity index (χ3v) is 2.21. The minimum absolute atomic E-state index is 0.130. The van der Waals surface area contributed by atoms with Gasteiger partial charge in [0.1, 0.15) is 0 Å². The molecule has 0 saturated heterocycles. The molecule has 0 N–H and O–H groups in total. The smallest absolute Gasteiger partial charge is 0.356 e. The molecule has 1 heterocycles. The first-order valence-electron chi connectivity index (χ1n) is 4.58. The van der Waals surface area contributed by atoms with E-state index in [1.54, 1.807) is 31.2 Å². The lowest BCUT2D eigenvalue weighted by molar-refractivity contribution is -0.142. The summed E-state index contributed by atoms with van der Waals surface area (Å²) in [7, 11) is 0. The molecule has 0 saturated carbocycles. The van der Waals surface area contributed by atoms with Crippen LogP contribution < -0.4 is 0 Å². The molecule has 16 heavy (non-hydrogen) atoms. The van der Waals surface area contributed by atoms with E-state index in [1.165, 1.54) is 0 Å². The Labute approximate surface area is 89.7 Å². The molecule has 1 aromatic carbocycles. The quantitative estimate of drug-likeness (QED) is 0.742. The summed E-state index contributed by atoms with van der Waals surface area (Å²) in [4.78, 5) is 0. The fourth-order valence-electron chi connectivity index (χ4n) is 1.39. The maximum atomic E-state index is 12.3. The fraction of sp³-hybridized carbons (Fsp3) is 0.182. The van der Waals surface area contributed by atoms with Gasteiger partial charge in [0, 0.05) is 11.6 Å². The molecule has 0 spiro atoms. The van der Waals surface area contributed by atoms with E-state index in [4.69, 9.17) is 0 Å². The van der Waals surface area contributed by atoms with E-state index in [9.17, 15) is 13.2 Å². The highest BCUT2D eigenvalue weighted by atomic mass is 19.4. The third-order valence-electron chi connectivity index (χ3n) is 2.21. The van der Waals surface area contributed by atoms with Crippen molar-refractivity contribution >= 4 is 0 Å². The van der Waals surface area contributed by atoms with E-state index in [1.807, 2.05) is 0 Å². The van der Waals surface area contributed by atoms with E-state index >= 15 is 0 Å². The van der Waals surface area contributed by atoms with E-state index < -0.39 is 11.9 Å². The Hall–Kier alpha value is -1.78. The van der Waals surface area contributed by atoms with Gasteiger partial charge < -0.3 is 4.52 Å². The van der Waals surface area contributed by atoms with Gasteiger partial charge in [0.25, 0.3) is 0 Å². The zero-order valence-electron chi connectivity index (χ0n) is 8.38. The summed E-state index contributed by atoms with van der Waals surface area (Å²) in [6.07, 6.45) is -4.47. The summed E-state index contributed by atoms with van der Waals surface area (Å²) in [5.41, 5.74) is 0.448. The summed E-state index contributed by atoms with van der Waals surface area (Å²) in [6, 6.07) is 7.93. The number of rotatable bonds is 1. The van der Waals surface area contributed by atoms with Crippen LogP contribution in [0.5, 0.6) is 0 Å². The average molecular weight is 227 g/mol. The molecule has 0 fully saturated rings. The topological polar surface area (TPSA) is 26.0 Å². The molecule has 5 heteroatoms. The molecule has 2 aromatic rings. The molecule has 2 nitrogen and oxygen atoms in total. The summed E-state index contributed by atoms with van der Waals surface area (Å²) in [5.74, 6) is 0.130. The van der Waals surface area contributed by atoms with Gasteiger partial charge in [-0.05, 0) is 12.5 Å². The van der Waals surface area contributed by atoms with Gasteiger partial charge in [-0.3, -0.25) is 0 Å². The van der Waals surface area contributed by atoms with Crippen molar-refractivity contribution in [3.63, 3.8) is 0 Å².